The first-order valence-corrected chi connectivity index (χ1v) is 21.9. The number of hydrogen-bond acceptors (Lipinski definition) is 6. The lowest BCUT2D eigenvalue weighted by Crippen LogP contribution is -2.37. The minimum absolute atomic E-state index is 0.0854. The molecule has 0 fully saturated rings. The molecule has 0 heterocycles. The van der Waals surface area contributed by atoms with Gasteiger partial charge in [0.2, 0.25) is 0 Å². The number of carbonyl (C=O) groups is 1. The summed E-state index contributed by atoms with van der Waals surface area (Å²) in [5.41, 5.74) is 0. The van der Waals surface area contributed by atoms with Gasteiger partial charge < -0.3 is 18.9 Å². The molecule has 2 atom stereocenters. The van der Waals surface area contributed by atoms with Crippen LogP contribution < -0.4 is 0 Å². The first-order chi connectivity index (χ1) is 24.6. The third kappa shape index (κ3) is 39.5. The topological polar surface area (TPSA) is 91.3 Å². The molecule has 0 aliphatic rings. The zero-order chi connectivity index (χ0) is 37.7. The minimum atomic E-state index is -4.27. The second kappa shape index (κ2) is 35.5. The van der Waals surface area contributed by atoms with Crippen LogP contribution in [0.1, 0.15) is 155 Å². The van der Waals surface area contributed by atoms with Crippen LogP contribution in [-0.4, -0.2) is 75.6 Å². The number of ether oxygens (including phenoxy) is 2. The van der Waals surface area contributed by atoms with Crippen LogP contribution in [0.3, 0.4) is 0 Å². The Morgan fingerprint density at radius 2 is 1.14 bits per heavy atom. The third-order valence-electron chi connectivity index (χ3n) is 8.40. The van der Waals surface area contributed by atoms with Gasteiger partial charge in [0, 0.05) is 13.0 Å². The van der Waals surface area contributed by atoms with Gasteiger partial charge in [-0.1, -0.05) is 146 Å². The molecule has 0 saturated heterocycles. The van der Waals surface area contributed by atoms with Crippen LogP contribution in [0.5, 0.6) is 0 Å². The average molecular weight is 741 g/mol. The number of esters is 1. The van der Waals surface area contributed by atoms with Crippen molar-refractivity contribution in [2.24, 2.45) is 0 Å². The largest absolute Gasteiger partial charge is 0.472 e. The number of phosphoric ester groups is 1. The number of quaternary nitrogens is 1. The Morgan fingerprint density at radius 3 is 1.71 bits per heavy atom. The van der Waals surface area contributed by atoms with Gasteiger partial charge >= 0.3 is 13.8 Å². The van der Waals surface area contributed by atoms with E-state index in [1.54, 1.807) is 0 Å². The third-order valence-corrected chi connectivity index (χ3v) is 9.39. The van der Waals surface area contributed by atoms with E-state index >= 15 is 0 Å². The summed E-state index contributed by atoms with van der Waals surface area (Å²) in [5.74, 6) is -0.323. The fraction of sp³-hybridized carbons (Fsp3) is 0.786. The minimum Gasteiger partial charge on any atom is -0.457 e. The SMILES string of the molecule is CC/C=C\C/C=C\C/C=C\C/C=C\CCCCCCCCCOCC(COP(=O)(O)OCC[N+](C)(C)C)OC(=O)CCCCCCCCCCC. The molecule has 8 nitrogen and oxygen atoms in total. The van der Waals surface area contributed by atoms with Crippen LogP contribution in [0.15, 0.2) is 48.6 Å². The summed E-state index contributed by atoms with van der Waals surface area (Å²) >= 11 is 0. The van der Waals surface area contributed by atoms with E-state index in [2.05, 4.69) is 62.5 Å². The maximum Gasteiger partial charge on any atom is 0.472 e. The van der Waals surface area contributed by atoms with Gasteiger partial charge in [0.1, 0.15) is 19.3 Å². The molecule has 0 aliphatic carbocycles. The van der Waals surface area contributed by atoms with Gasteiger partial charge in [-0.15, -0.1) is 0 Å². The van der Waals surface area contributed by atoms with Crippen LogP contribution in [-0.2, 0) is 27.9 Å². The zero-order valence-corrected chi connectivity index (χ0v) is 34.5. The van der Waals surface area contributed by atoms with Crippen LogP contribution in [0.25, 0.3) is 0 Å². The molecule has 298 valence electrons. The summed E-state index contributed by atoms with van der Waals surface area (Å²) in [4.78, 5) is 22.7. The molecule has 0 aromatic carbocycles. The van der Waals surface area contributed by atoms with Gasteiger partial charge in [0.15, 0.2) is 0 Å². The predicted octanol–water partition coefficient (Wildman–Crippen LogP) is 11.6. The Balaban J connectivity index is 4.21. The quantitative estimate of drug-likeness (QED) is 0.0223. The maximum atomic E-state index is 12.6. The fourth-order valence-electron chi connectivity index (χ4n) is 5.25. The molecule has 0 aromatic heterocycles. The second-order valence-corrected chi connectivity index (χ2v) is 16.1. The molecule has 0 radical (unpaired) electrons. The number of unbranched alkanes of at least 4 members (excludes halogenated alkanes) is 15. The Bertz CT molecular complexity index is 957. The van der Waals surface area contributed by atoms with E-state index in [4.69, 9.17) is 18.5 Å². The van der Waals surface area contributed by atoms with Crippen molar-refractivity contribution in [3.05, 3.63) is 48.6 Å². The van der Waals surface area contributed by atoms with Gasteiger partial charge in [0.25, 0.3) is 0 Å². The summed E-state index contributed by atoms with van der Waals surface area (Å²) in [6.45, 7) is 5.45. The van der Waals surface area contributed by atoms with Crippen molar-refractivity contribution in [1.29, 1.82) is 0 Å². The molecule has 1 N–H and O–H groups in total. The van der Waals surface area contributed by atoms with E-state index in [9.17, 15) is 14.3 Å². The smallest absolute Gasteiger partial charge is 0.457 e. The van der Waals surface area contributed by atoms with Crippen LogP contribution >= 0.6 is 7.82 Å². The molecule has 0 aromatic rings. The number of nitrogens with zero attached hydrogens (tertiary/aromatic N) is 1. The van der Waals surface area contributed by atoms with Crippen molar-refractivity contribution < 1.29 is 37.3 Å². The molecule has 9 heteroatoms. The summed E-state index contributed by atoms with van der Waals surface area (Å²) in [7, 11) is 1.65. The van der Waals surface area contributed by atoms with Crippen LogP contribution in [0.2, 0.25) is 0 Å². The lowest BCUT2D eigenvalue weighted by molar-refractivity contribution is -0.870. The summed E-state index contributed by atoms with van der Waals surface area (Å²) < 4.78 is 34.8. The molecular weight excluding hydrogens is 661 g/mol. The van der Waals surface area contributed by atoms with E-state index < -0.39 is 13.9 Å². The second-order valence-electron chi connectivity index (χ2n) is 14.6. The van der Waals surface area contributed by atoms with Crippen LogP contribution in [0.4, 0.5) is 0 Å². The van der Waals surface area contributed by atoms with Gasteiger partial charge in [-0.2, -0.15) is 0 Å². The highest BCUT2D eigenvalue weighted by Gasteiger charge is 2.26. The number of likely N-dealkylation sites (N-methyl/N-ethyl adjacent to an activating group) is 1. The molecule has 0 amide bonds. The Kier molecular flexibility index (Phi) is 34.4. The number of rotatable bonds is 37. The lowest BCUT2D eigenvalue weighted by Gasteiger charge is -2.24. The zero-order valence-electron chi connectivity index (χ0n) is 33.6. The molecule has 51 heavy (non-hydrogen) atoms. The predicted molar refractivity (Wildman–Crippen MR) is 215 cm³/mol. The van der Waals surface area contributed by atoms with E-state index in [1.807, 2.05) is 21.1 Å². The van der Waals surface area contributed by atoms with Gasteiger partial charge in [-0.25, -0.2) is 4.57 Å². The number of hydrogen-bond donors (Lipinski definition) is 1. The van der Waals surface area contributed by atoms with Crippen molar-refractivity contribution in [2.75, 3.05) is 54.1 Å². The molecule has 0 aliphatic heterocycles. The van der Waals surface area contributed by atoms with Crippen molar-refractivity contribution in [3.63, 3.8) is 0 Å². The Labute approximate surface area is 314 Å². The average Bonchev–Trinajstić information content (AvgIpc) is 3.08. The van der Waals surface area contributed by atoms with Crippen molar-refractivity contribution >= 4 is 13.8 Å². The van der Waals surface area contributed by atoms with E-state index in [-0.39, 0.29) is 25.8 Å². The monoisotopic (exact) mass is 741 g/mol. The van der Waals surface area contributed by atoms with Crippen LogP contribution in [0, 0.1) is 0 Å². The molecule has 0 rings (SSSR count). The number of carbonyl (C=O) groups excluding carboxylic acids is 1. The highest BCUT2D eigenvalue weighted by molar-refractivity contribution is 7.47. The molecule has 0 bridgehead atoms. The lowest BCUT2D eigenvalue weighted by atomic mass is 10.1. The summed E-state index contributed by atoms with van der Waals surface area (Å²) in [6, 6.07) is 0. The van der Waals surface area contributed by atoms with Gasteiger partial charge in [-0.3, -0.25) is 13.8 Å². The summed E-state index contributed by atoms with van der Waals surface area (Å²) in [6.07, 6.45) is 41.4. The first-order valence-electron chi connectivity index (χ1n) is 20.4. The van der Waals surface area contributed by atoms with E-state index in [0.717, 1.165) is 64.2 Å². The Morgan fingerprint density at radius 1 is 0.627 bits per heavy atom. The number of allylic oxidation sites excluding steroid dienone is 8. The first kappa shape index (κ1) is 49.5. The molecular formula is C42H79NO7P+. The maximum absolute atomic E-state index is 12.6. The molecule has 2 unspecified atom stereocenters. The highest BCUT2D eigenvalue weighted by Crippen LogP contribution is 2.43. The summed E-state index contributed by atoms with van der Waals surface area (Å²) in [5, 5.41) is 0. The normalized spacial score (nSPS) is 14.4. The van der Waals surface area contributed by atoms with E-state index in [0.29, 0.717) is 24.1 Å². The molecule has 0 spiro atoms. The van der Waals surface area contributed by atoms with Crippen molar-refractivity contribution in [2.45, 2.75) is 161 Å². The number of phosphoric acid groups is 1. The Hall–Kier alpha value is -1.54. The standard InChI is InChI=1S/C42H78NO7P/c1-6-8-10-12-14-16-17-18-19-20-21-22-23-24-25-26-28-30-32-34-37-47-39-41(40-49-51(45,46)48-38-36-43(3,4)5)50-42(44)35-33-31-29-27-15-13-11-9-7-2/h8,10,14,16,18-19,21-22,41H,6-7,9,11-13,15,17,20,23-40H2,1-5H3/p+1/b10-8-,16-14-,19-18-,22-21-. The van der Waals surface area contributed by atoms with Crippen molar-refractivity contribution in [3.8, 4) is 0 Å². The van der Waals surface area contributed by atoms with E-state index in [1.165, 1.54) is 70.6 Å². The fourth-order valence-corrected chi connectivity index (χ4v) is 5.99. The highest BCUT2D eigenvalue weighted by atomic mass is 31.2. The van der Waals surface area contributed by atoms with Gasteiger partial charge in [-0.05, 0) is 51.4 Å². The molecule has 0 saturated carbocycles. The van der Waals surface area contributed by atoms with Gasteiger partial charge in [0.05, 0.1) is 34.4 Å². The van der Waals surface area contributed by atoms with Crippen molar-refractivity contribution in [1.82, 2.24) is 0 Å².